The standard InChI is InChI=1S/C24H23F2N3O2S/c1-15-6-5-7-16(2)22(15)29-21(30)14-27-23(31)19-8-3-4-9-20(19)28-17-10-12-18(13-11-17)32-24(25)26/h3-13,24,28H,14H2,1-2H3,(H,27,31)(H,29,30). The summed E-state index contributed by atoms with van der Waals surface area (Å²) in [5.74, 6) is -3.21. The van der Waals surface area contributed by atoms with Gasteiger partial charge in [-0.25, -0.2) is 0 Å². The Morgan fingerprint density at radius 2 is 1.56 bits per heavy atom. The fourth-order valence-electron chi connectivity index (χ4n) is 3.12. The highest BCUT2D eigenvalue weighted by molar-refractivity contribution is 7.99. The topological polar surface area (TPSA) is 70.2 Å². The van der Waals surface area contributed by atoms with E-state index in [4.69, 9.17) is 0 Å². The van der Waals surface area contributed by atoms with E-state index >= 15 is 0 Å². The Hall–Kier alpha value is -3.39. The second-order valence-corrected chi connectivity index (χ2v) is 8.13. The first-order chi connectivity index (χ1) is 15.3. The van der Waals surface area contributed by atoms with Gasteiger partial charge in [-0.05, 0) is 61.4 Å². The zero-order chi connectivity index (χ0) is 23.1. The molecular formula is C24H23F2N3O2S. The zero-order valence-electron chi connectivity index (χ0n) is 17.6. The van der Waals surface area contributed by atoms with Gasteiger partial charge >= 0.3 is 0 Å². The maximum Gasteiger partial charge on any atom is 0.288 e. The molecule has 3 aromatic carbocycles. The lowest BCUT2D eigenvalue weighted by Gasteiger charge is -2.14. The van der Waals surface area contributed by atoms with Crippen molar-refractivity contribution in [3.63, 3.8) is 0 Å². The molecule has 0 saturated heterocycles. The van der Waals surface area contributed by atoms with Crippen LogP contribution in [0, 0.1) is 13.8 Å². The van der Waals surface area contributed by atoms with Crippen LogP contribution in [0.1, 0.15) is 21.5 Å². The van der Waals surface area contributed by atoms with Crippen molar-refractivity contribution in [1.29, 1.82) is 0 Å². The van der Waals surface area contributed by atoms with Crippen LogP contribution in [0.2, 0.25) is 0 Å². The molecular weight excluding hydrogens is 432 g/mol. The van der Waals surface area contributed by atoms with Crippen molar-refractivity contribution < 1.29 is 18.4 Å². The number of anilines is 3. The molecule has 32 heavy (non-hydrogen) atoms. The SMILES string of the molecule is Cc1cccc(C)c1NC(=O)CNC(=O)c1ccccc1Nc1ccc(SC(F)F)cc1. The molecule has 0 aliphatic carbocycles. The van der Waals surface area contributed by atoms with Crippen molar-refractivity contribution >= 4 is 40.6 Å². The smallest absolute Gasteiger partial charge is 0.288 e. The number of carbonyl (C=O) groups excluding carboxylic acids is 2. The van der Waals surface area contributed by atoms with E-state index in [1.54, 1.807) is 48.5 Å². The minimum Gasteiger partial charge on any atom is -0.355 e. The minimum absolute atomic E-state index is 0.180. The molecule has 3 rings (SSSR count). The van der Waals surface area contributed by atoms with E-state index < -0.39 is 11.7 Å². The minimum atomic E-state index is -2.48. The molecule has 0 fully saturated rings. The van der Waals surface area contributed by atoms with Gasteiger partial charge in [-0.1, -0.05) is 42.1 Å². The summed E-state index contributed by atoms with van der Waals surface area (Å²) >= 11 is 0.470. The quantitative estimate of drug-likeness (QED) is 0.380. The number of carbonyl (C=O) groups is 2. The number of halogens is 2. The monoisotopic (exact) mass is 455 g/mol. The molecule has 8 heteroatoms. The number of alkyl halides is 2. The lowest BCUT2D eigenvalue weighted by atomic mass is 10.1. The number of rotatable bonds is 8. The lowest BCUT2D eigenvalue weighted by Crippen LogP contribution is -2.33. The third kappa shape index (κ3) is 6.31. The van der Waals surface area contributed by atoms with Crippen molar-refractivity contribution in [2.45, 2.75) is 24.5 Å². The maximum absolute atomic E-state index is 12.7. The first kappa shape index (κ1) is 23.3. The molecule has 166 valence electrons. The second-order valence-electron chi connectivity index (χ2n) is 7.07. The molecule has 0 saturated carbocycles. The molecule has 0 heterocycles. The van der Waals surface area contributed by atoms with Gasteiger partial charge in [-0.3, -0.25) is 9.59 Å². The third-order valence-corrected chi connectivity index (χ3v) is 5.41. The summed E-state index contributed by atoms with van der Waals surface area (Å²) in [6, 6.07) is 19.1. The molecule has 5 nitrogen and oxygen atoms in total. The van der Waals surface area contributed by atoms with Crippen LogP contribution in [0.3, 0.4) is 0 Å². The predicted molar refractivity (Wildman–Crippen MR) is 125 cm³/mol. The van der Waals surface area contributed by atoms with Crippen molar-refractivity contribution in [2.75, 3.05) is 17.2 Å². The molecule has 3 aromatic rings. The summed E-state index contributed by atoms with van der Waals surface area (Å²) in [4.78, 5) is 25.5. The molecule has 0 aliphatic rings. The van der Waals surface area contributed by atoms with Crippen molar-refractivity contribution in [3.05, 3.63) is 83.4 Å². The summed E-state index contributed by atoms with van der Waals surface area (Å²) in [5.41, 5.74) is 4.17. The van der Waals surface area contributed by atoms with Gasteiger partial charge in [0.2, 0.25) is 5.91 Å². The van der Waals surface area contributed by atoms with E-state index in [1.807, 2.05) is 32.0 Å². The molecule has 0 radical (unpaired) electrons. The van der Waals surface area contributed by atoms with Gasteiger partial charge in [-0.2, -0.15) is 8.78 Å². The average molecular weight is 456 g/mol. The Balaban J connectivity index is 1.63. The Morgan fingerprint density at radius 3 is 2.22 bits per heavy atom. The van der Waals surface area contributed by atoms with E-state index in [-0.39, 0.29) is 12.5 Å². The molecule has 3 N–H and O–H groups in total. The van der Waals surface area contributed by atoms with E-state index in [2.05, 4.69) is 16.0 Å². The fraction of sp³-hybridized carbons (Fsp3) is 0.167. The number of nitrogens with one attached hydrogen (secondary N) is 3. The Bertz CT molecular complexity index is 1080. The van der Waals surface area contributed by atoms with Crippen LogP contribution in [0.25, 0.3) is 0 Å². The molecule has 2 amide bonds. The summed E-state index contributed by atoms with van der Waals surface area (Å²) in [7, 11) is 0. The van der Waals surface area contributed by atoms with Gasteiger partial charge in [0.15, 0.2) is 0 Å². The average Bonchev–Trinajstić information content (AvgIpc) is 2.76. The maximum atomic E-state index is 12.7. The number of benzene rings is 3. The molecule has 0 unspecified atom stereocenters. The van der Waals surface area contributed by atoms with Crippen LogP contribution >= 0.6 is 11.8 Å². The number of aryl methyl sites for hydroxylation is 2. The fourth-order valence-corrected chi connectivity index (χ4v) is 3.62. The third-order valence-electron chi connectivity index (χ3n) is 4.69. The highest BCUT2D eigenvalue weighted by Gasteiger charge is 2.14. The van der Waals surface area contributed by atoms with Gasteiger partial charge in [0.25, 0.3) is 11.7 Å². The summed E-state index contributed by atoms with van der Waals surface area (Å²) in [5, 5.41) is 8.59. The van der Waals surface area contributed by atoms with Crippen LogP contribution in [0.15, 0.2) is 71.6 Å². The number of thioether (sulfide) groups is 1. The van der Waals surface area contributed by atoms with E-state index in [0.29, 0.717) is 33.6 Å². The van der Waals surface area contributed by atoms with Gasteiger partial charge < -0.3 is 16.0 Å². The predicted octanol–water partition coefficient (Wildman–Crippen LogP) is 5.73. The first-order valence-corrected chi connectivity index (χ1v) is 10.8. The van der Waals surface area contributed by atoms with Gasteiger partial charge in [0.1, 0.15) is 0 Å². The number of hydrogen-bond acceptors (Lipinski definition) is 4. The Labute approximate surface area is 189 Å². The van der Waals surface area contributed by atoms with E-state index in [0.717, 1.165) is 16.8 Å². The Morgan fingerprint density at radius 1 is 0.906 bits per heavy atom. The van der Waals surface area contributed by atoms with Crippen LogP contribution in [0.4, 0.5) is 25.8 Å². The van der Waals surface area contributed by atoms with E-state index in [1.165, 1.54) is 0 Å². The molecule has 0 aliphatic heterocycles. The van der Waals surface area contributed by atoms with Crippen molar-refractivity contribution in [2.24, 2.45) is 0 Å². The largest absolute Gasteiger partial charge is 0.355 e. The summed E-state index contributed by atoms with van der Waals surface area (Å²) in [6.45, 7) is 3.63. The highest BCUT2D eigenvalue weighted by atomic mass is 32.2. The summed E-state index contributed by atoms with van der Waals surface area (Å²) < 4.78 is 24.9. The second kappa shape index (κ2) is 10.8. The van der Waals surface area contributed by atoms with Crippen LogP contribution in [-0.2, 0) is 4.79 Å². The van der Waals surface area contributed by atoms with Crippen LogP contribution in [0.5, 0.6) is 0 Å². The van der Waals surface area contributed by atoms with Crippen LogP contribution in [-0.4, -0.2) is 24.1 Å². The van der Waals surface area contributed by atoms with Gasteiger partial charge in [0, 0.05) is 16.3 Å². The molecule has 0 atom stereocenters. The van der Waals surface area contributed by atoms with E-state index in [9.17, 15) is 18.4 Å². The number of amides is 2. The van der Waals surface area contributed by atoms with Crippen LogP contribution < -0.4 is 16.0 Å². The van der Waals surface area contributed by atoms with Gasteiger partial charge in [0.05, 0.1) is 17.8 Å². The highest BCUT2D eigenvalue weighted by Crippen LogP contribution is 2.28. The lowest BCUT2D eigenvalue weighted by molar-refractivity contribution is -0.115. The number of hydrogen-bond donors (Lipinski definition) is 3. The van der Waals surface area contributed by atoms with Crippen molar-refractivity contribution in [1.82, 2.24) is 5.32 Å². The number of para-hydroxylation sites is 2. The zero-order valence-corrected chi connectivity index (χ0v) is 18.4. The molecule has 0 spiro atoms. The normalized spacial score (nSPS) is 10.7. The Kier molecular flexibility index (Phi) is 7.83. The molecule has 0 aromatic heterocycles. The first-order valence-electron chi connectivity index (χ1n) is 9.88. The summed E-state index contributed by atoms with van der Waals surface area (Å²) in [6.07, 6.45) is 0. The van der Waals surface area contributed by atoms with Gasteiger partial charge in [-0.15, -0.1) is 0 Å². The van der Waals surface area contributed by atoms with Crippen molar-refractivity contribution in [3.8, 4) is 0 Å². The molecule has 0 bridgehead atoms.